The Balaban J connectivity index is 2.01. The molecule has 2 rings (SSSR count). The van der Waals surface area contributed by atoms with Gasteiger partial charge in [-0.1, -0.05) is 30.3 Å². The number of carbonyl (C=O) groups is 1. The number of carboxylic acids is 1. The average molecular weight is 237 g/mol. The molecule has 1 fully saturated rings. The maximum Gasteiger partial charge on any atom is 0.342 e. The summed E-state index contributed by atoms with van der Waals surface area (Å²) in [5.74, 6) is -1.34. The third-order valence-electron chi connectivity index (χ3n) is 3.15. The Hall–Kier alpha value is -1.42. The van der Waals surface area contributed by atoms with Crippen molar-refractivity contribution in [3.8, 4) is 0 Å². The van der Waals surface area contributed by atoms with Gasteiger partial charge in [0.25, 0.3) is 0 Å². The molecular weight excluding hydrogens is 221 g/mol. The van der Waals surface area contributed by atoms with E-state index in [1.807, 2.05) is 35.2 Å². The zero-order chi connectivity index (χ0) is 12.3. The quantitative estimate of drug-likeness (QED) is 0.875. The van der Waals surface area contributed by atoms with Crippen LogP contribution in [0.15, 0.2) is 30.3 Å². The van der Waals surface area contributed by atoms with E-state index in [0.717, 1.165) is 12.1 Å². The molecule has 3 nitrogen and oxygen atoms in total. The van der Waals surface area contributed by atoms with Crippen LogP contribution in [0.2, 0.25) is 0 Å². The Kier molecular flexibility index (Phi) is 3.43. The van der Waals surface area contributed by atoms with Crippen molar-refractivity contribution in [2.45, 2.75) is 25.1 Å². The summed E-state index contributed by atoms with van der Waals surface area (Å²) in [4.78, 5) is 12.7. The number of aliphatic carboxylic acids is 1. The summed E-state index contributed by atoms with van der Waals surface area (Å²) >= 11 is 0. The molecular formula is C13H16FNO2. The fourth-order valence-electron chi connectivity index (χ4n) is 2.25. The van der Waals surface area contributed by atoms with E-state index in [-0.39, 0.29) is 13.0 Å². The second-order valence-electron chi connectivity index (χ2n) is 4.57. The van der Waals surface area contributed by atoms with Crippen molar-refractivity contribution in [1.29, 1.82) is 0 Å². The summed E-state index contributed by atoms with van der Waals surface area (Å²) < 4.78 is 14.0. The average Bonchev–Trinajstić information content (AvgIpc) is 2.30. The lowest BCUT2D eigenvalue weighted by atomic mass is 9.94. The van der Waals surface area contributed by atoms with Crippen molar-refractivity contribution in [2.24, 2.45) is 0 Å². The van der Waals surface area contributed by atoms with E-state index in [2.05, 4.69) is 0 Å². The minimum absolute atomic E-state index is 0.0166. The first-order valence-electron chi connectivity index (χ1n) is 5.79. The summed E-state index contributed by atoms with van der Waals surface area (Å²) in [6.07, 6.45) is 0.712. The minimum atomic E-state index is -2.08. The molecule has 0 bridgehead atoms. The van der Waals surface area contributed by atoms with E-state index < -0.39 is 11.6 Å². The van der Waals surface area contributed by atoms with Gasteiger partial charge in [-0.05, 0) is 24.9 Å². The Labute approximate surface area is 99.9 Å². The Bertz CT molecular complexity index is 396. The van der Waals surface area contributed by atoms with E-state index in [1.54, 1.807) is 0 Å². The number of carboxylic acid groups (broad SMARTS) is 1. The first-order valence-corrected chi connectivity index (χ1v) is 5.79. The molecule has 92 valence electrons. The smallest absolute Gasteiger partial charge is 0.342 e. The summed E-state index contributed by atoms with van der Waals surface area (Å²) in [7, 11) is 0. The minimum Gasteiger partial charge on any atom is -0.479 e. The van der Waals surface area contributed by atoms with Gasteiger partial charge in [-0.15, -0.1) is 0 Å². The number of hydrogen-bond acceptors (Lipinski definition) is 2. The highest BCUT2D eigenvalue weighted by molar-refractivity contribution is 5.77. The van der Waals surface area contributed by atoms with E-state index in [9.17, 15) is 9.18 Å². The van der Waals surface area contributed by atoms with Crippen LogP contribution in [0.1, 0.15) is 18.4 Å². The molecule has 0 saturated carbocycles. The Morgan fingerprint density at radius 2 is 2.12 bits per heavy atom. The molecule has 1 aromatic rings. The van der Waals surface area contributed by atoms with Crippen LogP contribution in [0.25, 0.3) is 0 Å². The van der Waals surface area contributed by atoms with Crippen molar-refractivity contribution < 1.29 is 14.3 Å². The van der Waals surface area contributed by atoms with Crippen LogP contribution in [0, 0.1) is 0 Å². The van der Waals surface area contributed by atoms with E-state index in [1.165, 1.54) is 0 Å². The number of piperidine rings is 1. The van der Waals surface area contributed by atoms with Gasteiger partial charge in [0.1, 0.15) is 0 Å². The van der Waals surface area contributed by atoms with Crippen molar-refractivity contribution in [2.75, 3.05) is 13.1 Å². The molecule has 1 heterocycles. The van der Waals surface area contributed by atoms with Crippen LogP contribution < -0.4 is 0 Å². The number of hydrogen-bond donors (Lipinski definition) is 1. The normalized spacial score (nSPS) is 25.7. The molecule has 1 N–H and O–H groups in total. The maximum absolute atomic E-state index is 14.0. The molecule has 1 saturated heterocycles. The predicted octanol–water partition coefficient (Wildman–Crippen LogP) is 2.08. The fraction of sp³-hybridized carbons (Fsp3) is 0.462. The number of nitrogens with zero attached hydrogens (tertiary/aromatic N) is 1. The van der Waals surface area contributed by atoms with Gasteiger partial charge in [-0.25, -0.2) is 9.18 Å². The fourth-order valence-corrected chi connectivity index (χ4v) is 2.25. The van der Waals surface area contributed by atoms with Gasteiger partial charge in [0, 0.05) is 13.1 Å². The molecule has 0 aromatic heterocycles. The van der Waals surface area contributed by atoms with Crippen LogP contribution in [-0.2, 0) is 11.3 Å². The molecule has 1 unspecified atom stereocenters. The highest BCUT2D eigenvalue weighted by Gasteiger charge is 2.42. The van der Waals surface area contributed by atoms with Crippen molar-refractivity contribution in [3.63, 3.8) is 0 Å². The molecule has 0 amide bonds. The summed E-state index contributed by atoms with van der Waals surface area (Å²) in [5, 5.41) is 8.88. The number of halogens is 1. The van der Waals surface area contributed by atoms with Gasteiger partial charge < -0.3 is 5.11 Å². The van der Waals surface area contributed by atoms with Gasteiger partial charge in [0.15, 0.2) is 0 Å². The first kappa shape index (κ1) is 12.0. The molecule has 1 aliphatic heterocycles. The van der Waals surface area contributed by atoms with Crippen LogP contribution >= 0.6 is 0 Å². The Morgan fingerprint density at radius 1 is 1.41 bits per heavy atom. The van der Waals surface area contributed by atoms with Gasteiger partial charge >= 0.3 is 5.97 Å². The van der Waals surface area contributed by atoms with Crippen molar-refractivity contribution in [1.82, 2.24) is 4.90 Å². The zero-order valence-corrected chi connectivity index (χ0v) is 9.60. The first-order chi connectivity index (χ1) is 8.10. The zero-order valence-electron chi connectivity index (χ0n) is 9.60. The standard InChI is InChI=1S/C13H16FNO2/c14-13(12(16)17)7-4-8-15(10-13)9-11-5-2-1-3-6-11/h1-3,5-6H,4,7-10H2,(H,16,17). The maximum atomic E-state index is 14.0. The van der Waals surface area contributed by atoms with E-state index in [0.29, 0.717) is 13.0 Å². The van der Waals surface area contributed by atoms with Gasteiger partial charge in [-0.3, -0.25) is 4.90 Å². The summed E-state index contributed by atoms with van der Waals surface area (Å²) in [6.45, 7) is 1.35. The second kappa shape index (κ2) is 4.84. The number of rotatable bonds is 3. The second-order valence-corrected chi connectivity index (χ2v) is 4.57. The molecule has 17 heavy (non-hydrogen) atoms. The van der Waals surface area contributed by atoms with Crippen LogP contribution in [0.5, 0.6) is 0 Å². The lowest BCUT2D eigenvalue weighted by Crippen LogP contribution is -2.49. The molecule has 1 atom stereocenters. The van der Waals surface area contributed by atoms with Crippen LogP contribution in [-0.4, -0.2) is 34.7 Å². The molecule has 1 aliphatic rings. The SMILES string of the molecule is O=C(O)C1(F)CCCN(Cc2ccccc2)C1. The molecule has 0 radical (unpaired) electrons. The number of alkyl halides is 1. The van der Waals surface area contributed by atoms with Gasteiger partial charge in [0.05, 0.1) is 0 Å². The predicted molar refractivity (Wildman–Crippen MR) is 62.4 cm³/mol. The van der Waals surface area contributed by atoms with Crippen molar-refractivity contribution >= 4 is 5.97 Å². The topological polar surface area (TPSA) is 40.5 Å². The monoisotopic (exact) mass is 237 g/mol. The lowest BCUT2D eigenvalue weighted by Gasteiger charge is -2.34. The molecule has 0 spiro atoms. The molecule has 4 heteroatoms. The third kappa shape index (κ3) is 2.82. The van der Waals surface area contributed by atoms with Crippen LogP contribution in [0.4, 0.5) is 4.39 Å². The van der Waals surface area contributed by atoms with Crippen molar-refractivity contribution in [3.05, 3.63) is 35.9 Å². The summed E-state index contributed by atoms with van der Waals surface area (Å²) in [5.41, 5.74) is -0.991. The highest BCUT2D eigenvalue weighted by Crippen LogP contribution is 2.26. The third-order valence-corrected chi connectivity index (χ3v) is 3.15. The summed E-state index contributed by atoms with van der Waals surface area (Å²) in [6, 6.07) is 9.72. The highest BCUT2D eigenvalue weighted by atomic mass is 19.1. The van der Waals surface area contributed by atoms with E-state index in [4.69, 9.17) is 5.11 Å². The molecule has 0 aliphatic carbocycles. The van der Waals surface area contributed by atoms with E-state index >= 15 is 0 Å². The number of benzene rings is 1. The molecule has 1 aromatic carbocycles. The Morgan fingerprint density at radius 3 is 2.76 bits per heavy atom. The van der Waals surface area contributed by atoms with Crippen LogP contribution in [0.3, 0.4) is 0 Å². The number of likely N-dealkylation sites (tertiary alicyclic amines) is 1. The van der Waals surface area contributed by atoms with Gasteiger partial charge in [-0.2, -0.15) is 0 Å². The van der Waals surface area contributed by atoms with Gasteiger partial charge in [0.2, 0.25) is 5.67 Å². The largest absolute Gasteiger partial charge is 0.479 e. The lowest BCUT2D eigenvalue weighted by molar-refractivity contribution is -0.155.